The Hall–Kier alpha value is 0.560. The summed E-state index contributed by atoms with van der Waals surface area (Å²) in [5.41, 5.74) is 0. The fraction of sp³-hybridized carbons (Fsp3) is 1.00. The first kappa shape index (κ1) is 15.1. The van der Waals surface area contributed by atoms with Crippen LogP contribution in [0.4, 0.5) is 22.0 Å². The van der Waals surface area contributed by atoms with Crippen molar-refractivity contribution in [2.45, 2.75) is 11.4 Å². The fourth-order valence-corrected chi connectivity index (χ4v) is 0.484. The van der Waals surface area contributed by atoms with Crippen molar-refractivity contribution in [3.8, 4) is 0 Å². The van der Waals surface area contributed by atoms with E-state index in [9.17, 15) is 30.4 Å². The summed E-state index contributed by atoms with van der Waals surface area (Å²) in [6, 6.07) is 0. The van der Waals surface area contributed by atoms with Gasteiger partial charge in [0.15, 0.2) is 0 Å². The van der Waals surface area contributed by atoms with Gasteiger partial charge in [-0.25, -0.2) is 13.6 Å². The summed E-state index contributed by atoms with van der Waals surface area (Å²) in [7, 11) is -5.92. The largest absolute Gasteiger partial charge is 1.00 e. The third-order valence-electron chi connectivity index (χ3n) is 0.687. The van der Waals surface area contributed by atoms with Crippen LogP contribution < -0.4 is 34.7 Å². The SMILES string of the molecule is NS(=O)(=O)C(F)(F)C(F)(F)F.[H-].[Na+]. The predicted molar refractivity (Wildman–Crippen MR) is 25.2 cm³/mol. The maximum absolute atomic E-state index is 11.6. The number of sulfonamides is 1. The molecule has 0 atom stereocenters. The van der Waals surface area contributed by atoms with Gasteiger partial charge < -0.3 is 1.43 Å². The third kappa shape index (κ3) is 2.80. The van der Waals surface area contributed by atoms with E-state index in [0.717, 1.165) is 0 Å². The van der Waals surface area contributed by atoms with E-state index in [1.165, 1.54) is 0 Å². The van der Waals surface area contributed by atoms with Crippen LogP contribution in [0.5, 0.6) is 0 Å². The number of hydrogen-bond acceptors (Lipinski definition) is 2. The van der Waals surface area contributed by atoms with Gasteiger partial charge in [0.1, 0.15) is 0 Å². The molecule has 3 nitrogen and oxygen atoms in total. The zero-order valence-corrected chi connectivity index (χ0v) is 8.51. The van der Waals surface area contributed by atoms with Crippen molar-refractivity contribution < 1.29 is 61.4 Å². The minimum atomic E-state index is -6.17. The summed E-state index contributed by atoms with van der Waals surface area (Å²) in [5, 5.41) is -2.27. The molecule has 0 spiro atoms. The summed E-state index contributed by atoms with van der Waals surface area (Å²) < 4.78 is 75.8. The van der Waals surface area contributed by atoms with Crippen molar-refractivity contribution in [2.24, 2.45) is 5.14 Å². The Kier molecular flexibility index (Phi) is 4.69. The Balaban J connectivity index is -0.000000500. The van der Waals surface area contributed by atoms with Crippen LogP contribution in [0.25, 0.3) is 0 Å². The van der Waals surface area contributed by atoms with E-state index < -0.39 is 21.5 Å². The van der Waals surface area contributed by atoms with E-state index in [0.29, 0.717) is 0 Å². The van der Waals surface area contributed by atoms with Gasteiger partial charge in [0, 0.05) is 0 Å². The standard InChI is InChI=1S/C2H2F5NO2S.Na.H/c3-1(4,5)2(6,7)11(8,9)10;;/h(H2,8,9,10);;/q;+1;-1. The van der Waals surface area contributed by atoms with Crippen LogP contribution in [0.1, 0.15) is 1.43 Å². The van der Waals surface area contributed by atoms with Crippen LogP contribution in [-0.4, -0.2) is 19.8 Å². The maximum Gasteiger partial charge on any atom is 1.00 e. The molecule has 0 fully saturated rings. The molecule has 0 heterocycles. The first-order valence-corrected chi connectivity index (χ1v) is 3.51. The second-order valence-electron chi connectivity index (χ2n) is 1.56. The summed E-state index contributed by atoms with van der Waals surface area (Å²) in [6.07, 6.45) is -6.17. The van der Waals surface area contributed by atoms with Gasteiger partial charge in [0.2, 0.25) is 0 Å². The fourth-order valence-electron chi connectivity index (χ4n) is 0.161. The average molecular weight is 223 g/mol. The molecule has 0 unspecified atom stereocenters. The normalized spacial score (nSPS) is 13.8. The minimum absolute atomic E-state index is 0. The molecular formula is C2H3F5NNaO2S. The average Bonchev–Trinajstić information content (AvgIpc) is 1.58. The van der Waals surface area contributed by atoms with Gasteiger partial charge >= 0.3 is 41.0 Å². The molecule has 0 rings (SSSR count). The minimum Gasteiger partial charge on any atom is -1.00 e. The molecule has 2 N–H and O–H groups in total. The van der Waals surface area contributed by atoms with Crippen LogP contribution in [0.3, 0.4) is 0 Å². The van der Waals surface area contributed by atoms with Crippen LogP contribution in [0.2, 0.25) is 0 Å². The molecule has 0 aliphatic rings. The summed E-state index contributed by atoms with van der Waals surface area (Å²) in [6.45, 7) is 0. The van der Waals surface area contributed by atoms with Crippen molar-refractivity contribution in [1.82, 2.24) is 0 Å². The van der Waals surface area contributed by atoms with Crippen LogP contribution in [-0.2, 0) is 10.0 Å². The molecule has 10 heteroatoms. The Morgan fingerprint density at radius 2 is 1.33 bits per heavy atom. The molecule has 0 aliphatic carbocycles. The number of primary sulfonamides is 1. The second kappa shape index (κ2) is 3.74. The molecule has 12 heavy (non-hydrogen) atoms. The van der Waals surface area contributed by atoms with Gasteiger partial charge in [-0.15, -0.1) is 0 Å². The Bertz CT molecular complexity index is 250. The summed E-state index contributed by atoms with van der Waals surface area (Å²) in [4.78, 5) is 0. The molecule has 0 radical (unpaired) electrons. The summed E-state index contributed by atoms with van der Waals surface area (Å²) in [5.74, 6) is 0. The molecule has 0 aromatic rings. The predicted octanol–water partition coefficient (Wildman–Crippen LogP) is -2.45. The second-order valence-corrected chi connectivity index (χ2v) is 3.16. The molecule has 0 aromatic carbocycles. The van der Waals surface area contributed by atoms with E-state index >= 15 is 0 Å². The Labute approximate surface area is 87.9 Å². The van der Waals surface area contributed by atoms with E-state index in [1.807, 2.05) is 0 Å². The first-order valence-electron chi connectivity index (χ1n) is 1.97. The Morgan fingerprint density at radius 1 is 1.08 bits per heavy atom. The molecule has 0 saturated heterocycles. The van der Waals surface area contributed by atoms with Gasteiger partial charge in [0.25, 0.3) is 10.0 Å². The molecule has 0 bridgehead atoms. The third-order valence-corrected chi connectivity index (χ3v) is 1.63. The molecule has 0 saturated carbocycles. The number of alkyl halides is 5. The zero-order valence-electron chi connectivity index (χ0n) is 6.69. The number of halogens is 5. The van der Waals surface area contributed by atoms with Crippen molar-refractivity contribution in [3.05, 3.63) is 0 Å². The number of hydrogen-bond donors (Lipinski definition) is 1. The molecule has 70 valence electrons. The number of rotatable bonds is 1. The van der Waals surface area contributed by atoms with Gasteiger partial charge in [-0.3, -0.25) is 0 Å². The maximum atomic E-state index is 11.6. The van der Waals surface area contributed by atoms with Gasteiger partial charge in [0.05, 0.1) is 0 Å². The van der Waals surface area contributed by atoms with Crippen LogP contribution in [0, 0.1) is 0 Å². The first-order chi connectivity index (χ1) is 4.50. The molecule has 0 aliphatic heterocycles. The molecular weight excluding hydrogens is 220 g/mol. The van der Waals surface area contributed by atoms with Gasteiger partial charge in [-0.2, -0.15) is 22.0 Å². The van der Waals surface area contributed by atoms with Crippen molar-refractivity contribution in [2.75, 3.05) is 0 Å². The number of nitrogens with two attached hydrogens (primary N) is 1. The van der Waals surface area contributed by atoms with E-state index in [4.69, 9.17) is 0 Å². The van der Waals surface area contributed by atoms with E-state index in [1.54, 1.807) is 0 Å². The van der Waals surface area contributed by atoms with Crippen LogP contribution in [0.15, 0.2) is 0 Å². The molecule has 0 amide bonds. The zero-order chi connectivity index (χ0) is 9.50. The topological polar surface area (TPSA) is 60.2 Å². The summed E-state index contributed by atoms with van der Waals surface area (Å²) >= 11 is 0. The van der Waals surface area contributed by atoms with E-state index in [2.05, 4.69) is 5.14 Å². The van der Waals surface area contributed by atoms with E-state index in [-0.39, 0.29) is 31.0 Å². The van der Waals surface area contributed by atoms with Crippen molar-refractivity contribution in [3.63, 3.8) is 0 Å². The monoisotopic (exact) mass is 223 g/mol. The van der Waals surface area contributed by atoms with Crippen molar-refractivity contribution >= 4 is 10.0 Å². The smallest absolute Gasteiger partial charge is 1.00 e. The van der Waals surface area contributed by atoms with Crippen LogP contribution >= 0.6 is 0 Å². The quantitative estimate of drug-likeness (QED) is 0.396. The Morgan fingerprint density at radius 3 is 1.33 bits per heavy atom. The van der Waals surface area contributed by atoms with Crippen molar-refractivity contribution in [1.29, 1.82) is 0 Å². The van der Waals surface area contributed by atoms with Gasteiger partial charge in [-0.05, 0) is 0 Å². The molecule has 0 aromatic heterocycles. The van der Waals surface area contributed by atoms with Gasteiger partial charge in [-0.1, -0.05) is 0 Å².